The number of fused-ring (bicyclic) bond motifs is 1. The molecule has 0 fully saturated rings. The Balaban J connectivity index is 1.86. The lowest BCUT2D eigenvalue weighted by atomic mass is 10.2. The molecule has 0 aliphatic rings. The highest BCUT2D eigenvalue weighted by Gasteiger charge is 2.17. The van der Waals surface area contributed by atoms with Gasteiger partial charge in [-0.15, -0.1) is 0 Å². The van der Waals surface area contributed by atoms with Gasteiger partial charge < -0.3 is 5.73 Å². The first kappa shape index (κ1) is 18.1. The number of anilines is 1. The fourth-order valence-corrected chi connectivity index (χ4v) is 3.75. The second kappa shape index (κ2) is 7.02. The quantitative estimate of drug-likeness (QED) is 0.536. The van der Waals surface area contributed by atoms with Crippen LogP contribution in [0.5, 0.6) is 0 Å². The van der Waals surface area contributed by atoms with Crippen LogP contribution in [0.3, 0.4) is 0 Å². The van der Waals surface area contributed by atoms with E-state index in [0.29, 0.717) is 28.4 Å². The molecule has 0 aliphatic carbocycles. The molecule has 0 saturated heterocycles. The van der Waals surface area contributed by atoms with Crippen LogP contribution in [0.1, 0.15) is 5.56 Å². The third-order valence-electron chi connectivity index (χ3n) is 4.36. The van der Waals surface area contributed by atoms with E-state index in [9.17, 15) is 8.42 Å². The summed E-state index contributed by atoms with van der Waals surface area (Å²) >= 11 is 0. The van der Waals surface area contributed by atoms with Gasteiger partial charge in [0.25, 0.3) is 0 Å². The zero-order chi connectivity index (χ0) is 19.7. The van der Waals surface area contributed by atoms with Crippen molar-refractivity contribution < 1.29 is 8.42 Å². The Kier molecular flexibility index (Phi) is 4.54. The molecule has 1 aromatic carbocycles. The topological polar surface area (TPSA) is 116 Å². The summed E-state index contributed by atoms with van der Waals surface area (Å²) in [7, 11) is -1.94. The van der Waals surface area contributed by atoms with Crippen molar-refractivity contribution in [2.75, 3.05) is 12.8 Å². The Bertz CT molecular complexity index is 1250. The van der Waals surface area contributed by atoms with Crippen LogP contribution in [-0.2, 0) is 15.8 Å². The van der Waals surface area contributed by atoms with Crippen molar-refractivity contribution in [2.45, 2.75) is 5.75 Å². The molecule has 0 atom stereocenters. The van der Waals surface area contributed by atoms with Crippen molar-refractivity contribution in [2.24, 2.45) is 0 Å². The molecule has 4 rings (SSSR count). The van der Waals surface area contributed by atoms with E-state index in [1.54, 1.807) is 30.6 Å². The van der Waals surface area contributed by atoms with E-state index in [0.717, 1.165) is 11.2 Å². The van der Waals surface area contributed by atoms with Gasteiger partial charge in [-0.25, -0.2) is 28.1 Å². The molecule has 28 heavy (non-hydrogen) atoms. The minimum Gasteiger partial charge on any atom is -0.383 e. The highest BCUT2D eigenvalue weighted by molar-refractivity contribution is 7.88. The average Bonchev–Trinajstić information content (AvgIpc) is 3.08. The highest BCUT2D eigenvalue weighted by atomic mass is 32.2. The van der Waals surface area contributed by atoms with Crippen LogP contribution in [-0.4, -0.2) is 35.0 Å². The lowest BCUT2D eigenvalue weighted by Crippen LogP contribution is -2.20. The van der Waals surface area contributed by atoms with Crippen LogP contribution in [0, 0.1) is 0 Å². The zero-order valence-corrected chi connectivity index (χ0v) is 15.9. The molecule has 3 heterocycles. The van der Waals surface area contributed by atoms with Gasteiger partial charge in [0.05, 0.1) is 11.3 Å². The highest BCUT2D eigenvalue weighted by Crippen LogP contribution is 2.30. The Morgan fingerprint density at radius 1 is 1.04 bits per heavy atom. The van der Waals surface area contributed by atoms with Crippen molar-refractivity contribution in [3.63, 3.8) is 0 Å². The molecule has 0 spiro atoms. The number of hydrogen-bond acceptors (Lipinski definition) is 6. The molecule has 0 radical (unpaired) electrons. The smallest absolute Gasteiger partial charge is 0.215 e. The predicted molar refractivity (Wildman–Crippen MR) is 108 cm³/mol. The molecule has 0 saturated carbocycles. The molecule has 3 N–H and O–H groups in total. The van der Waals surface area contributed by atoms with Crippen LogP contribution in [0.4, 0.5) is 5.82 Å². The number of nitrogen functional groups attached to an aromatic ring is 1. The first-order valence-corrected chi connectivity index (χ1v) is 10.2. The number of imidazole rings is 1. The van der Waals surface area contributed by atoms with Gasteiger partial charge in [0.15, 0.2) is 11.5 Å². The fourth-order valence-electron chi connectivity index (χ4n) is 2.98. The van der Waals surface area contributed by atoms with Crippen LogP contribution in [0.2, 0.25) is 0 Å². The van der Waals surface area contributed by atoms with E-state index in [2.05, 4.69) is 19.7 Å². The number of aromatic nitrogens is 4. The molecule has 4 aromatic rings. The molecule has 9 heteroatoms. The van der Waals surface area contributed by atoms with E-state index >= 15 is 0 Å². The zero-order valence-electron chi connectivity index (χ0n) is 15.1. The van der Waals surface area contributed by atoms with E-state index in [1.165, 1.54) is 7.05 Å². The van der Waals surface area contributed by atoms with Gasteiger partial charge in [-0.05, 0) is 49.0 Å². The van der Waals surface area contributed by atoms with E-state index < -0.39 is 10.0 Å². The van der Waals surface area contributed by atoms with Gasteiger partial charge >= 0.3 is 0 Å². The molecule has 0 amide bonds. The van der Waals surface area contributed by atoms with Crippen molar-refractivity contribution >= 4 is 27.0 Å². The number of hydrogen-bond donors (Lipinski definition) is 2. The molecule has 142 valence electrons. The molecular formula is C19H18N6O2S. The van der Waals surface area contributed by atoms with Crippen LogP contribution >= 0.6 is 0 Å². The minimum absolute atomic E-state index is 0.0882. The fraction of sp³-hybridized carbons (Fsp3) is 0.105. The van der Waals surface area contributed by atoms with E-state index in [1.807, 2.05) is 34.9 Å². The van der Waals surface area contributed by atoms with Crippen molar-refractivity contribution in [3.8, 4) is 17.1 Å². The molecule has 0 aliphatic heterocycles. The number of sulfonamides is 1. The predicted octanol–water partition coefficient (Wildman–Crippen LogP) is 2.11. The van der Waals surface area contributed by atoms with Crippen molar-refractivity contribution in [3.05, 3.63) is 66.5 Å². The Morgan fingerprint density at radius 3 is 2.46 bits per heavy atom. The Hall–Kier alpha value is -3.30. The van der Waals surface area contributed by atoms with E-state index in [-0.39, 0.29) is 5.75 Å². The number of benzene rings is 1. The van der Waals surface area contributed by atoms with Gasteiger partial charge in [-0.2, -0.15) is 0 Å². The van der Waals surface area contributed by atoms with Crippen molar-refractivity contribution in [1.82, 2.24) is 24.2 Å². The summed E-state index contributed by atoms with van der Waals surface area (Å²) in [6.07, 6.45) is 3.33. The SMILES string of the molecule is CNS(=O)(=O)Cc1ccc(-n2c(-c3cccnc3N)nc3cccnc32)cc1. The summed E-state index contributed by atoms with van der Waals surface area (Å²) in [6, 6.07) is 14.6. The van der Waals surface area contributed by atoms with Gasteiger partial charge in [0.2, 0.25) is 10.0 Å². The van der Waals surface area contributed by atoms with Gasteiger partial charge in [0.1, 0.15) is 11.3 Å². The molecule has 0 bridgehead atoms. The first-order valence-electron chi connectivity index (χ1n) is 8.53. The monoisotopic (exact) mass is 394 g/mol. The van der Waals surface area contributed by atoms with Gasteiger partial charge in [-0.1, -0.05) is 12.1 Å². The van der Waals surface area contributed by atoms with E-state index in [4.69, 9.17) is 5.73 Å². The average molecular weight is 394 g/mol. The molecular weight excluding hydrogens is 376 g/mol. The summed E-state index contributed by atoms with van der Waals surface area (Å²) in [6.45, 7) is 0. The van der Waals surface area contributed by atoms with Crippen LogP contribution in [0.25, 0.3) is 28.2 Å². The largest absolute Gasteiger partial charge is 0.383 e. The summed E-state index contributed by atoms with van der Waals surface area (Å²) in [5.41, 5.74) is 9.65. The second-order valence-corrected chi connectivity index (χ2v) is 8.11. The minimum atomic E-state index is -3.34. The Labute approximate surface area is 162 Å². The maximum Gasteiger partial charge on any atom is 0.215 e. The number of nitrogens with two attached hydrogens (primary N) is 1. The molecule has 3 aromatic heterocycles. The molecule has 0 unspecified atom stereocenters. The lowest BCUT2D eigenvalue weighted by molar-refractivity contribution is 0.587. The summed E-state index contributed by atoms with van der Waals surface area (Å²) < 4.78 is 27.8. The Morgan fingerprint density at radius 2 is 1.75 bits per heavy atom. The molecule has 8 nitrogen and oxygen atoms in total. The maximum absolute atomic E-state index is 11.8. The maximum atomic E-state index is 11.8. The number of pyridine rings is 2. The number of rotatable bonds is 5. The third kappa shape index (κ3) is 3.32. The number of nitrogens with zero attached hydrogens (tertiary/aromatic N) is 4. The van der Waals surface area contributed by atoms with Crippen molar-refractivity contribution in [1.29, 1.82) is 0 Å². The van der Waals surface area contributed by atoms with Gasteiger partial charge in [0, 0.05) is 18.1 Å². The van der Waals surface area contributed by atoms with Crippen LogP contribution in [0.15, 0.2) is 60.9 Å². The second-order valence-electron chi connectivity index (χ2n) is 6.18. The summed E-state index contributed by atoms with van der Waals surface area (Å²) in [5.74, 6) is 0.903. The summed E-state index contributed by atoms with van der Waals surface area (Å²) in [5, 5.41) is 0. The first-order chi connectivity index (χ1) is 13.5. The lowest BCUT2D eigenvalue weighted by Gasteiger charge is -2.11. The third-order valence-corrected chi connectivity index (χ3v) is 5.69. The standard InChI is InChI=1S/C19H18N6O2S/c1-21-28(26,27)12-13-6-8-14(9-7-13)25-18(15-4-2-10-22-17(15)20)24-16-5-3-11-23-19(16)25/h2-11,21H,12H2,1H3,(H2,20,22). The summed E-state index contributed by atoms with van der Waals surface area (Å²) in [4.78, 5) is 13.3. The normalized spacial score (nSPS) is 11.8. The number of nitrogens with one attached hydrogen (secondary N) is 1. The van der Waals surface area contributed by atoms with Gasteiger partial charge in [-0.3, -0.25) is 4.57 Å². The van der Waals surface area contributed by atoms with Crippen LogP contribution < -0.4 is 10.5 Å².